The zero-order chi connectivity index (χ0) is 13.8. The molecule has 0 radical (unpaired) electrons. The Morgan fingerprint density at radius 1 is 1.53 bits per heavy atom. The zero-order valence-corrected chi connectivity index (χ0v) is 11.8. The molecule has 1 unspecified atom stereocenters. The van der Waals surface area contributed by atoms with E-state index in [4.69, 9.17) is 15.9 Å². The van der Waals surface area contributed by atoms with Crippen molar-refractivity contribution in [2.75, 3.05) is 31.7 Å². The Labute approximate surface area is 115 Å². The third-order valence-electron chi connectivity index (χ3n) is 3.70. The van der Waals surface area contributed by atoms with Crippen molar-refractivity contribution in [1.29, 1.82) is 5.41 Å². The van der Waals surface area contributed by atoms with E-state index in [0.717, 1.165) is 43.0 Å². The third-order valence-corrected chi connectivity index (χ3v) is 3.70. The fourth-order valence-electron chi connectivity index (χ4n) is 2.81. The van der Waals surface area contributed by atoms with Crippen LogP contribution in [0.3, 0.4) is 0 Å². The quantitative estimate of drug-likeness (QED) is 0.645. The van der Waals surface area contributed by atoms with E-state index in [2.05, 4.69) is 24.9 Å². The largest absolute Gasteiger partial charge is 0.384 e. The van der Waals surface area contributed by atoms with Crippen LogP contribution in [-0.2, 0) is 4.74 Å². The van der Waals surface area contributed by atoms with Gasteiger partial charge in [0.25, 0.3) is 0 Å². The number of ether oxygens (including phenoxy) is 1. The third kappa shape index (κ3) is 3.26. The van der Waals surface area contributed by atoms with Crippen molar-refractivity contribution in [1.82, 2.24) is 0 Å². The molecule has 3 N–H and O–H groups in total. The van der Waals surface area contributed by atoms with E-state index in [1.165, 1.54) is 6.42 Å². The lowest BCUT2D eigenvalue weighted by molar-refractivity contribution is 0.0576. The molecule has 0 aliphatic carbocycles. The summed E-state index contributed by atoms with van der Waals surface area (Å²) in [6.07, 6.45) is 2.36. The van der Waals surface area contributed by atoms with Gasteiger partial charge in [0.15, 0.2) is 0 Å². The van der Waals surface area contributed by atoms with Crippen molar-refractivity contribution < 1.29 is 4.74 Å². The SMILES string of the molecule is Cc1cccc(C(=N)N)c1N(C)CC1CCCOC1. The van der Waals surface area contributed by atoms with Crippen LogP contribution in [0.15, 0.2) is 18.2 Å². The van der Waals surface area contributed by atoms with Gasteiger partial charge in [0.2, 0.25) is 0 Å². The molecule has 1 aromatic carbocycles. The minimum Gasteiger partial charge on any atom is -0.384 e. The number of hydrogen-bond acceptors (Lipinski definition) is 3. The lowest BCUT2D eigenvalue weighted by atomic mass is 10.00. The summed E-state index contributed by atoms with van der Waals surface area (Å²) in [5.41, 5.74) is 8.73. The van der Waals surface area contributed by atoms with E-state index in [0.29, 0.717) is 5.92 Å². The Kier molecular flexibility index (Phi) is 4.43. The van der Waals surface area contributed by atoms with E-state index >= 15 is 0 Å². The predicted octanol–water partition coefficient (Wildman–Crippen LogP) is 2.14. The van der Waals surface area contributed by atoms with Crippen LogP contribution in [0.25, 0.3) is 0 Å². The second-order valence-corrected chi connectivity index (χ2v) is 5.35. The summed E-state index contributed by atoms with van der Waals surface area (Å²) in [4.78, 5) is 2.21. The average Bonchev–Trinajstić information content (AvgIpc) is 2.39. The van der Waals surface area contributed by atoms with Crippen LogP contribution in [0, 0.1) is 18.3 Å². The topological polar surface area (TPSA) is 62.3 Å². The molecular weight excluding hydrogens is 238 g/mol. The van der Waals surface area contributed by atoms with Crippen LogP contribution in [0.2, 0.25) is 0 Å². The Morgan fingerprint density at radius 3 is 2.95 bits per heavy atom. The van der Waals surface area contributed by atoms with Gasteiger partial charge in [0.1, 0.15) is 5.84 Å². The fraction of sp³-hybridized carbons (Fsp3) is 0.533. The number of rotatable bonds is 4. The summed E-state index contributed by atoms with van der Waals surface area (Å²) in [6, 6.07) is 5.93. The highest BCUT2D eigenvalue weighted by atomic mass is 16.5. The molecule has 4 nitrogen and oxygen atoms in total. The number of amidine groups is 1. The number of hydrogen-bond donors (Lipinski definition) is 2. The molecule has 4 heteroatoms. The number of para-hydroxylation sites is 1. The van der Waals surface area contributed by atoms with Crippen molar-refractivity contribution >= 4 is 11.5 Å². The van der Waals surface area contributed by atoms with Gasteiger partial charge >= 0.3 is 0 Å². The molecule has 0 bridgehead atoms. The number of benzene rings is 1. The summed E-state index contributed by atoms with van der Waals surface area (Å²) in [5, 5.41) is 7.71. The van der Waals surface area contributed by atoms with E-state index in [1.807, 2.05) is 12.1 Å². The van der Waals surface area contributed by atoms with Gasteiger partial charge in [-0.3, -0.25) is 5.41 Å². The predicted molar refractivity (Wildman–Crippen MR) is 79.0 cm³/mol. The van der Waals surface area contributed by atoms with Crippen LogP contribution in [0.5, 0.6) is 0 Å². The minimum atomic E-state index is 0.130. The van der Waals surface area contributed by atoms with Crippen molar-refractivity contribution in [3.05, 3.63) is 29.3 Å². The summed E-state index contributed by atoms with van der Waals surface area (Å²) in [7, 11) is 2.07. The van der Waals surface area contributed by atoms with Gasteiger partial charge < -0.3 is 15.4 Å². The van der Waals surface area contributed by atoms with Crippen molar-refractivity contribution in [2.24, 2.45) is 11.7 Å². The number of nitrogens with zero attached hydrogens (tertiary/aromatic N) is 1. The van der Waals surface area contributed by atoms with Crippen LogP contribution < -0.4 is 10.6 Å². The van der Waals surface area contributed by atoms with Gasteiger partial charge in [0.05, 0.1) is 12.3 Å². The van der Waals surface area contributed by atoms with Crippen LogP contribution >= 0.6 is 0 Å². The van der Waals surface area contributed by atoms with Crippen molar-refractivity contribution in [2.45, 2.75) is 19.8 Å². The molecule has 0 saturated carbocycles. The van der Waals surface area contributed by atoms with Crippen LogP contribution in [0.4, 0.5) is 5.69 Å². The Balaban J connectivity index is 2.17. The molecule has 1 aliphatic heterocycles. The standard InChI is InChI=1S/C15H23N3O/c1-11-5-3-7-13(15(16)17)14(11)18(2)9-12-6-4-8-19-10-12/h3,5,7,12H,4,6,8-10H2,1-2H3,(H3,16,17). The second-order valence-electron chi connectivity index (χ2n) is 5.35. The molecule has 0 amide bonds. The molecule has 1 aliphatic rings. The maximum atomic E-state index is 7.71. The lowest BCUT2D eigenvalue weighted by Gasteiger charge is -2.30. The number of nitrogens with two attached hydrogens (primary N) is 1. The lowest BCUT2D eigenvalue weighted by Crippen LogP contribution is -2.32. The first-order valence-electron chi connectivity index (χ1n) is 6.82. The number of aryl methyl sites for hydroxylation is 1. The molecule has 1 heterocycles. The minimum absolute atomic E-state index is 0.130. The van der Waals surface area contributed by atoms with Crippen LogP contribution in [0.1, 0.15) is 24.0 Å². The molecule has 104 valence electrons. The van der Waals surface area contributed by atoms with E-state index in [9.17, 15) is 0 Å². The molecule has 1 aromatic rings. The number of nitrogen functional groups attached to an aromatic ring is 1. The first-order chi connectivity index (χ1) is 9.09. The van der Waals surface area contributed by atoms with Gasteiger partial charge in [-0.2, -0.15) is 0 Å². The normalized spacial score (nSPS) is 19.2. The summed E-state index contributed by atoms with van der Waals surface area (Å²) in [5.74, 6) is 0.698. The number of anilines is 1. The maximum absolute atomic E-state index is 7.71. The molecule has 2 rings (SSSR count). The Bertz CT molecular complexity index is 453. The van der Waals surface area contributed by atoms with E-state index < -0.39 is 0 Å². The first kappa shape index (κ1) is 13.9. The molecule has 1 saturated heterocycles. The highest BCUT2D eigenvalue weighted by Gasteiger charge is 2.19. The van der Waals surface area contributed by atoms with Gasteiger partial charge in [-0.25, -0.2) is 0 Å². The summed E-state index contributed by atoms with van der Waals surface area (Å²) >= 11 is 0. The molecule has 1 fully saturated rings. The highest BCUT2D eigenvalue weighted by molar-refractivity contribution is 6.01. The van der Waals surface area contributed by atoms with Crippen molar-refractivity contribution in [3.63, 3.8) is 0 Å². The highest BCUT2D eigenvalue weighted by Crippen LogP contribution is 2.26. The van der Waals surface area contributed by atoms with Gasteiger partial charge in [0, 0.05) is 25.8 Å². The van der Waals surface area contributed by atoms with Gasteiger partial charge in [-0.1, -0.05) is 12.1 Å². The zero-order valence-electron chi connectivity index (χ0n) is 11.8. The molecule has 0 aromatic heterocycles. The first-order valence-corrected chi connectivity index (χ1v) is 6.82. The van der Waals surface area contributed by atoms with E-state index in [-0.39, 0.29) is 5.84 Å². The summed E-state index contributed by atoms with van der Waals surface area (Å²) < 4.78 is 5.53. The fourth-order valence-corrected chi connectivity index (χ4v) is 2.81. The van der Waals surface area contributed by atoms with Crippen molar-refractivity contribution in [3.8, 4) is 0 Å². The number of nitrogens with one attached hydrogen (secondary N) is 1. The second kappa shape index (κ2) is 6.06. The monoisotopic (exact) mass is 261 g/mol. The summed E-state index contributed by atoms with van der Waals surface area (Å²) in [6.45, 7) is 4.75. The molecular formula is C15H23N3O. The van der Waals surface area contributed by atoms with E-state index in [1.54, 1.807) is 0 Å². The Hall–Kier alpha value is -1.55. The molecule has 1 atom stereocenters. The average molecular weight is 261 g/mol. The van der Waals surface area contributed by atoms with Gasteiger partial charge in [-0.15, -0.1) is 0 Å². The smallest absolute Gasteiger partial charge is 0.124 e. The maximum Gasteiger partial charge on any atom is 0.124 e. The van der Waals surface area contributed by atoms with Crippen LogP contribution in [-0.4, -0.2) is 32.6 Å². The van der Waals surface area contributed by atoms with Gasteiger partial charge in [-0.05, 0) is 37.3 Å². The molecule has 0 spiro atoms. The Morgan fingerprint density at radius 2 is 2.32 bits per heavy atom. The molecule has 19 heavy (non-hydrogen) atoms.